The van der Waals surface area contributed by atoms with Gasteiger partial charge in [-0.1, -0.05) is 43.7 Å². The van der Waals surface area contributed by atoms with Crippen molar-refractivity contribution in [3.63, 3.8) is 0 Å². The second kappa shape index (κ2) is 11.0. The highest BCUT2D eigenvalue weighted by Gasteiger charge is 2.42. The summed E-state index contributed by atoms with van der Waals surface area (Å²) in [6.07, 6.45) is 6.35. The molecule has 3 fully saturated rings. The van der Waals surface area contributed by atoms with Gasteiger partial charge in [-0.15, -0.1) is 0 Å². The summed E-state index contributed by atoms with van der Waals surface area (Å²) in [7, 11) is 0. The molecule has 1 aliphatic carbocycles. The molecule has 8 heteroatoms. The monoisotopic (exact) mass is 584 g/mol. The molecule has 3 atom stereocenters. The molecular formula is C35H41FN4O3. The highest BCUT2D eigenvalue weighted by Crippen LogP contribution is 2.44. The number of amides is 3. The van der Waals surface area contributed by atoms with E-state index >= 15 is 0 Å². The zero-order chi connectivity index (χ0) is 29.9. The molecule has 5 aliphatic rings. The van der Waals surface area contributed by atoms with Gasteiger partial charge in [-0.3, -0.25) is 29.5 Å². The van der Waals surface area contributed by atoms with Crippen LogP contribution in [-0.2, 0) is 22.7 Å². The Hall–Kier alpha value is -3.36. The molecule has 2 aromatic carbocycles. The van der Waals surface area contributed by atoms with Crippen LogP contribution in [-0.4, -0.2) is 70.2 Å². The van der Waals surface area contributed by atoms with Crippen LogP contribution in [0.5, 0.6) is 0 Å². The normalized spacial score (nSPS) is 27.6. The van der Waals surface area contributed by atoms with E-state index in [2.05, 4.69) is 41.1 Å². The number of allylic oxidation sites excluding steroid dienone is 1. The van der Waals surface area contributed by atoms with Crippen molar-refractivity contribution >= 4 is 23.3 Å². The van der Waals surface area contributed by atoms with E-state index in [9.17, 15) is 18.8 Å². The summed E-state index contributed by atoms with van der Waals surface area (Å²) in [5.74, 6) is -0.944. The minimum Gasteiger partial charge on any atom is -0.322 e. The van der Waals surface area contributed by atoms with Crippen molar-refractivity contribution in [3.05, 3.63) is 76.1 Å². The first-order valence-electron chi connectivity index (χ1n) is 15.8. The number of piperazine rings is 1. The van der Waals surface area contributed by atoms with Gasteiger partial charge in [0, 0.05) is 56.8 Å². The number of nitrogens with one attached hydrogen (secondary N) is 1. The summed E-state index contributed by atoms with van der Waals surface area (Å²) in [5, 5.41) is 2.38. The molecular weight excluding hydrogens is 543 g/mol. The van der Waals surface area contributed by atoms with Gasteiger partial charge in [0.25, 0.3) is 5.91 Å². The van der Waals surface area contributed by atoms with Crippen LogP contribution < -0.4 is 5.32 Å². The Morgan fingerprint density at radius 1 is 0.930 bits per heavy atom. The number of carbonyl (C=O) groups is 3. The Morgan fingerprint density at radius 3 is 2.40 bits per heavy atom. The number of likely N-dealkylation sites (tertiary alicyclic amines) is 1. The van der Waals surface area contributed by atoms with Crippen molar-refractivity contribution < 1.29 is 18.8 Å². The number of hydrogen-bond acceptors (Lipinski definition) is 5. The van der Waals surface area contributed by atoms with Gasteiger partial charge >= 0.3 is 0 Å². The molecule has 2 aromatic rings. The fourth-order valence-electron chi connectivity index (χ4n) is 8.14. The van der Waals surface area contributed by atoms with E-state index in [4.69, 9.17) is 0 Å². The third-order valence-corrected chi connectivity index (χ3v) is 10.5. The van der Waals surface area contributed by atoms with Gasteiger partial charge < -0.3 is 4.90 Å². The Balaban J connectivity index is 1.03. The van der Waals surface area contributed by atoms with Gasteiger partial charge in [0.2, 0.25) is 11.8 Å². The Morgan fingerprint density at radius 2 is 1.67 bits per heavy atom. The molecule has 3 amide bonds. The van der Waals surface area contributed by atoms with Crippen molar-refractivity contribution in [1.29, 1.82) is 0 Å². The fraction of sp³-hybridized carbons (Fsp3) is 0.514. The fourth-order valence-corrected chi connectivity index (χ4v) is 8.14. The van der Waals surface area contributed by atoms with Crippen molar-refractivity contribution in [1.82, 2.24) is 20.0 Å². The largest absolute Gasteiger partial charge is 0.322 e. The van der Waals surface area contributed by atoms with Crippen LogP contribution in [0.4, 0.5) is 4.39 Å². The lowest BCUT2D eigenvalue weighted by molar-refractivity contribution is -0.136. The number of fused-ring (bicyclic) bond motifs is 3. The molecule has 7 nitrogen and oxygen atoms in total. The van der Waals surface area contributed by atoms with Crippen molar-refractivity contribution in [2.75, 3.05) is 19.6 Å². The molecule has 0 spiro atoms. The maximum Gasteiger partial charge on any atom is 0.255 e. The van der Waals surface area contributed by atoms with Crippen molar-refractivity contribution in [3.8, 4) is 0 Å². The molecule has 2 bridgehead atoms. The zero-order valence-electron chi connectivity index (χ0n) is 25.2. The van der Waals surface area contributed by atoms with Gasteiger partial charge in [0.15, 0.2) is 0 Å². The lowest BCUT2D eigenvalue weighted by Gasteiger charge is -2.43. The molecule has 4 heterocycles. The van der Waals surface area contributed by atoms with Gasteiger partial charge in [-0.05, 0) is 84.4 Å². The van der Waals surface area contributed by atoms with E-state index < -0.39 is 6.04 Å². The number of hydrogen-bond donors (Lipinski definition) is 1. The van der Waals surface area contributed by atoms with Crippen LogP contribution in [0.15, 0.2) is 48.0 Å². The van der Waals surface area contributed by atoms with Crippen molar-refractivity contribution in [2.45, 2.75) is 90.0 Å². The predicted octanol–water partition coefficient (Wildman–Crippen LogP) is 4.90. The number of carbonyl (C=O) groups excluding carboxylic acids is 3. The average molecular weight is 585 g/mol. The van der Waals surface area contributed by atoms with E-state index in [0.29, 0.717) is 30.6 Å². The smallest absolute Gasteiger partial charge is 0.255 e. The molecule has 3 saturated heterocycles. The third kappa shape index (κ3) is 5.55. The quantitative estimate of drug-likeness (QED) is 0.489. The van der Waals surface area contributed by atoms with Crippen LogP contribution in [0.25, 0.3) is 5.57 Å². The Bertz CT molecular complexity index is 1480. The van der Waals surface area contributed by atoms with Gasteiger partial charge in [-0.25, -0.2) is 4.39 Å². The van der Waals surface area contributed by atoms with Crippen molar-refractivity contribution in [2.24, 2.45) is 5.41 Å². The van der Waals surface area contributed by atoms with E-state index in [0.717, 1.165) is 50.1 Å². The Kier molecular flexibility index (Phi) is 7.25. The minimum absolute atomic E-state index is 0.120. The summed E-state index contributed by atoms with van der Waals surface area (Å²) in [5.41, 5.74) is 7.19. The van der Waals surface area contributed by atoms with E-state index in [-0.39, 0.29) is 35.4 Å². The number of benzene rings is 2. The molecule has 4 aliphatic heterocycles. The van der Waals surface area contributed by atoms with Gasteiger partial charge in [0.05, 0.1) is 0 Å². The second-order valence-electron chi connectivity index (χ2n) is 14.1. The topological polar surface area (TPSA) is 73.0 Å². The molecule has 43 heavy (non-hydrogen) atoms. The summed E-state index contributed by atoms with van der Waals surface area (Å²) >= 11 is 0. The molecule has 0 aromatic heterocycles. The van der Waals surface area contributed by atoms with Crippen LogP contribution in [0, 0.1) is 11.2 Å². The highest BCUT2D eigenvalue weighted by atomic mass is 19.1. The van der Waals surface area contributed by atoms with E-state index in [1.807, 2.05) is 18.2 Å². The first-order chi connectivity index (χ1) is 20.6. The first kappa shape index (κ1) is 28.4. The van der Waals surface area contributed by atoms with Crippen LogP contribution in [0.3, 0.4) is 0 Å². The number of imide groups is 1. The summed E-state index contributed by atoms with van der Waals surface area (Å²) < 4.78 is 13.7. The Labute approximate surface area is 253 Å². The molecule has 7 rings (SSSR count). The van der Waals surface area contributed by atoms with E-state index in [1.165, 1.54) is 36.0 Å². The number of rotatable bonds is 6. The number of nitrogens with zero attached hydrogens (tertiary/aromatic N) is 3. The molecule has 0 radical (unpaired) electrons. The van der Waals surface area contributed by atoms with Crippen LogP contribution >= 0.6 is 0 Å². The first-order valence-corrected chi connectivity index (χ1v) is 15.8. The molecule has 1 N–H and O–H groups in total. The molecule has 3 unspecified atom stereocenters. The van der Waals surface area contributed by atoms with Crippen LogP contribution in [0.2, 0.25) is 0 Å². The average Bonchev–Trinajstić information content (AvgIpc) is 3.40. The number of piperidine rings is 1. The standard InChI is InChI=1S/C35H41FN4O3/c1-35(2)14-13-24(30(16-35)23-4-6-26(36)7-5-23)18-38-20-27-8-9-28(21-38)39(27)17-22-3-10-29-25(15-22)19-40(34(29)43)31-11-12-32(41)37-33(31)42/h3-7,10,15,27-28,31H,8-9,11-14,16-21H2,1-2H3,(H,37,41,42). The third-order valence-electron chi connectivity index (χ3n) is 10.5. The summed E-state index contributed by atoms with van der Waals surface area (Å²) in [6.45, 7) is 9.04. The lowest BCUT2D eigenvalue weighted by atomic mass is 9.72. The van der Waals surface area contributed by atoms with Gasteiger partial charge in [0.1, 0.15) is 11.9 Å². The summed E-state index contributed by atoms with van der Waals surface area (Å²) in [6, 6.07) is 13.6. The maximum absolute atomic E-state index is 13.7. The highest BCUT2D eigenvalue weighted by molar-refractivity contribution is 6.05. The molecule has 226 valence electrons. The number of halogens is 1. The zero-order valence-corrected chi connectivity index (χ0v) is 25.2. The lowest BCUT2D eigenvalue weighted by Crippen LogP contribution is -2.53. The second-order valence-corrected chi connectivity index (χ2v) is 14.1. The van der Waals surface area contributed by atoms with E-state index in [1.54, 1.807) is 17.0 Å². The summed E-state index contributed by atoms with van der Waals surface area (Å²) in [4.78, 5) is 44.1. The maximum atomic E-state index is 13.7. The van der Waals surface area contributed by atoms with Gasteiger partial charge in [-0.2, -0.15) is 0 Å². The van der Waals surface area contributed by atoms with Crippen LogP contribution in [0.1, 0.15) is 85.8 Å². The predicted molar refractivity (Wildman–Crippen MR) is 162 cm³/mol. The minimum atomic E-state index is -0.584. The molecule has 0 saturated carbocycles. The SMILES string of the molecule is CC1(C)CCC(CN2CC3CCC(C2)N3Cc2ccc3c(c2)CN(C2CCC(=O)NC2=O)C3=O)=C(c2ccc(F)cc2)C1.